The molecular formula is C15H17N3O. The Morgan fingerprint density at radius 3 is 3.16 bits per heavy atom. The Hall–Kier alpha value is -2.10. The highest BCUT2D eigenvalue weighted by molar-refractivity contribution is 5.84. The number of nitrogens with zero attached hydrogens (tertiary/aromatic N) is 1. The predicted octanol–water partition coefficient (Wildman–Crippen LogP) is 1.80. The fraction of sp³-hybridized carbons (Fsp3) is 0.333. The summed E-state index contributed by atoms with van der Waals surface area (Å²) in [5.41, 5.74) is 3.56. The normalized spacial score (nSPS) is 17.2. The molecule has 0 radical (unpaired) electrons. The van der Waals surface area contributed by atoms with Crippen molar-refractivity contribution in [3.8, 4) is 0 Å². The van der Waals surface area contributed by atoms with Crippen LogP contribution < -0.4 is 5.32 Å². The first-order valence-electron chi connectivity index (χ1n) is 6.67. The highest BCUT2D eigenvalue weighted by Gasteiger charge is 2.27. The van der Waals surface area contributed by atoms with Crippen molar-refractivity contribution >= 4 is 5.91 Å². The summed E-state index contributed by atoms with van der Waals surface area (Å²) in [6.07, 6.45) is 6.17. The van der Waals surface area contributed by atoms with Gasteiger partial charge >= 0.3 is 0 Å². The van der Waals surface area contributed by atoms with E-state index in [9.17, 15) is 4.79 Å². The second kappa shape index (κ2) is 5.26. The number of hydrogen-bond acceptors (Lipinski definition) is 2. The Morgan fingerprint density at radius 2 is 2.32 bits per heavy atom. The van der Waals surface area contributed by atoms with Crippen LogP contribution in [0.5, 0.6) is 0 Å². The maximum Gasteiger partial charge on any atom is 0.227 e. The lowest BCUT2D eigenvalue weighted by Gasteiger charge is -2.11. The topological polar surface area (TPSA) is 57.8 Å². The second-order valence-electron chi connectivity index (χ2n) is 4.91. The third-order valence-corrected chi connectivity index (χ3v) is 3.70. The van der Waals surface area contributed by atoms with E-state index < -0.39 is 0 Å². The quantitative estimate of drug-likeness (QED) is 0.875. The number of hydrogen-bond donors (Lipinski definition) is 2. The van der Waals surface area contributed by atoms with Crippen LogP contribution in [0.3, 0.4) is 0 Å². The standard InChI is InChI=1S/C15H17N3O/c19-15(17-8-7-12-9-16-10-18-12)14-6-5-11-3-1-2-4-13(11)14/h1-4,9-10,14H,5-8H2,(H,16,18)(H,17,19)/t14-/m0/s1. The Balaban J connectivity index is 1.57. The van der Waals surface area contributed by atoms with Crippen molar-refractivity contribution in [2.75, 3.05) is 6.54 Å². The van der Waals surface area contributed by atoms with Crippen LogP contribution in [0.25, 0.3) is 0 Å². The van der Waals surface area contributed by atoms with E-state index in [2.05, 4.69) is 27.4 Å². The van der Waals surface area contributed by atoms with Gasteiger partial charge in [0.2, 0.25) is 5.91 Å². The van der Waals surface area contributed by atoms with Crippen LogP contribution in [0.1, 0.15) is 29.2 Å². The molecule has 0 fully saturated rings. The molecule has 4 heteroatoms. The van der Waals surface area contributed by atoms with E-state index in [0.717, 1.165) is 25.0 Å². The number of carbonyl (C=O) groups excluding carboxylic acids is 1. The fourth-order valence-corrected chi connectivity index (χ4v) is 2.69. The van der Waals surface area contributed by atoms with Gasteiger partial charge in [0, 0.05) is 24.9 Å². The zero-order chi connectivity index (χ0) is 13.1. The Bertz CT molecular complexity index is 563. The molecule has 2 N–H and O–H groups in total. The molecule has 0 bridgehead atoms. The van der Waals surface area contributed by atoms with Gasteiger partial charge in [0.25, 0.3) is 0 Å². The van der Waals surface area contributed by atoms with Crippen LogP contribution >= 0.6 is 0 Å². The molecule has 0 spiro atoms. The number of nitrogens with one attached hydrogen (secondary N) is 2. The largest absolute Gasteiger partial charge is 0.355 e. The van der Waals surface area contributed by atoms with E-state index in [0.29, 0.717) is 6.54 Å². The van der Waals surface area contributed by atoms with Gasteiger partial charge < -0.3 is 10.3 Å². The van der Waals surface area contributed by atoms with Crippen molar-refractivity contribution in [3.05, 3.63) is 53.6 Å². The van der Waals surface area contributed by atoms with Gasteiger partial charge in [-0.1, -0.05) is 24.3 Å². The maximum atomic E-state index is 12.2. The minimum Gasteiger partial charge on any atom is -0.355 e. The van der Waals surface area contributed by atoms with Crippen molar-refractivity contribution in [2.24, 2.45) is 0 Å². The number of imidazole rings is 1. The summed E-state index contributed by atoms with van der Waals surface area (Å²) in [5.74, 6) is 0.169. The van der Waals surface area contributed by atoms with Crippen LogP contribution in [0.2, 0.25) is 0 Å². The number of amides is 1. The Kier molecular flexibility index (Phi) is 3.31. The van der Waals surface area contributed by atoms with E-state index in [1.165, 1.54) is 11.1 Å². The molecule has 0 saturated carbocycles. The molecule has 3 rings (SSSR count). The first kappa shape index (κ1) is 12.0. The summed E-state index contributed by atoms with van der Waals surface area (Å²) in [5, 5.41) is 3.02. The molecule has 98 valence electrons. The first-order chi connectivity index (χ1) is 9.34. The number of rotatable bonds is 4. The van der Waals surface area contributed by atoms with Gasteiger partial charge in [0.1, 0.15) is 0 Å². The SMILES string of the molecule is O=C(NCCc1cnc[nH]1)[C@H]1CCc2ccccc21. The molecule has 0 unspecified atom stereocenters. The third-order valence-electron chi connectivity index (χ3n) is 3.70. The third kappa shape index (κ3) is 2.52. The van der Waals surface area contributed by atoms with Crippen molar-refractivity contribution in [2.45, 2.75) is 25.2 Å². The summed E-state index contributed by atoms with van der Waals surface area (Å²) in [7, 11) is 0. The highest BCUT2D eigenvalue weighted by atomic mass is 16.1. The first-order valence-corrected chi connectivity index (χ1v) is 6.67. The van der Waals surface area contributed by atoms with Gasteiger partial charge in [-0.05, 0) is 24.0 Å². The molecular weight excluding hydrogens is 238 g/mol. The molecule has 2 aromatic rings. The predicted molar refractivity (Wildman–Crippen MR) is 72.8 cm³/mol. The summed E-state index contributed by atoms with van der Waals surface area (Å²) in [6.45, 7) is 0.652. The van der Waals surface area contributed by atoms with Crippen LogP contribution in [-0.2, 0) is 17.6 Å². The van der Waals surface area contributed by atoms with Gasteiger partial charge in [-0.3, -0.25) is 4.79 Å². The lowest BCUT2D eigenvalue weighted by atomic mass is 10.0. The Morgan fingerprint density at radius 1 is 1.42 bits per heavy atom. The summed E-state index contributed by atoms with van der Waals surface area (Å²) in [6, 6.07) is 8.24. The number of aromatic amines is 1. The van der Waals surface area contributed by atoms with Crippen LogP contribution in [0.15, 0.2) is 36.8 Å². The number of benzene rings is 1. The van der Waals surface area contributed by atoms with Crippen molar-refractivity contribution in [1.29, 1.82) is 0 Å². The van der Waals surface area contributed by atoms with Crippen molar-refractivity contribution < 1.29 is 4.79 Å². The molecule has 1 atom stereocenters. The lowest BCUT2D eigenvalue weighted by Crippen LogP contribution is -2.30. The van der Waals surface area contributed by atoms with E-state index in [-0.39, 0.29) is 11.8 Å². The van der Waals surface area contributed by atoms with Gasteiger partial charge in [0.05, 0.1) is 12.2 Å². The summed E-state index contributed by atoms with van der Waals surface area (Å²) < 4.78 is 0. The molecule has 1 aliphatic carbocycles. The zero-order valence-corrected chi connectivity index (χ0v) is 10.7. The monoisotopic (exact) mass is 255 g/mol. The van der Waals surface area contributed by atoms with Gasteiger partial charge in [0.15, 0.2) is 0 Å². The minimum absolute atomic E-state index is 0.0259. The van der Waals surface area contributed by atoms with Crippen molar-refractivity contribution in [3.63, 3.8) is 0 Å². The maximum absolute atomic E-state index is 12.2. The molecule has 0 aliphatic heterocycles. The Labute approximate surface area is 112 Å². The smallest absolute Gasteiger partial charge is 0.227 e. The fourth-order valence-electron chi connectivity index (χ4n) is 2.69. The average Bonchev–Trinajstić information content (AvgIpc) is 3.07. The van der Waals surface area contributed by atoms with Gasteiger partial charge in [-0.25, -0.2) is 4.98 Å². The molecule has 1 amide bonds. The molecule has 19 heavy (non-hydrogen) atoms. The molecule has 0 saturated heterocycles. The van der Waals surface area contributed by atoms with E-state index in [4.69, 9.17) is 0 Å². The molecule has 1 aliphatic rings. The molecule has 1 heterocycles. The number of aryl methyl sites for hydroxylation is 1. The van der Waals surface area contributed by atoms with Crippen LogP contribution in [0.4, 0.5) is 0 Å². The molecule has 4 nitrogen and oxygen atoms in total. The average molecular weight is 255 g/mol. The zero-order valence-electron chi connectivity index (χ0n) is 10.7. The lowest BCUT2D eigenvalue weighted by molar-refractivity contribution is -0.122. The number of H-pyrrole nitrogens is 1. The van der Waals surface area contributed by atoms with Crippen molar-refractivity contribution in [1.82, 2.24) is 15.3 Å². The number of fused-ring (bicyclic) bond motifs is 1. The number of aromatic nitrogens is 2. The molecule has 1 aromatic carbocycles. The van der Waals surface area contributed by atoms with Gasteiger partial charge in [-0.15, -0.1) is 0 Å². The number of carbonyl (C=O) groups is 1. The molecule has 1 aromatic heterocycles. The van der Waals surface area contributed by atoms with E-state index in [1.807, 2.05) is 12.1 Å². The van der Waals surface area contributed by atoms with Crippen LogP contribution in [-0.4, -0.2) is 22.4 Å². The van der Waals surface area contributed by atoms with Gasteiger partial charge in [-0.2, -0.15) is 0 Å². The summed E-state index contributed by atoms with van der Waals surface area (Å²) in [4.78, 5) is 19.2. The van der Waals surface area contributed by atoms with Crippen LogP contribution in [0, 0.1) is 0 Å². The summed E-state index contributed by atoms with van der Waals surface area (Å²) >= 11 is 0. The van der Waals surface area contributed by atoms with E-state index in [1.54, 1.807) is 12.5 Å². The van der Waals surface area contributed by atoms with E-state index >= 15 is 0 Å². The highest BCUT2D eigenvalue weighted by Crippen LogP contribution is 2.32. The minimum atomic E-state index is 0.0259. The second-order valence-corrected chi connectivity index (χ2v) is 4.91.